The van der Waals surface area contributed by atoms with Crippen LogP contribution in [0.5, 0.6) is 0 Å². The van der Waals surface area contributed by atoms with Gasteiger partial charge in [-0.25, -0.2) is 4.79 Å². The molecule has 228 valence electrons. The van der Waals surface area contributed by atoms with Gasteiger partial charge in [0.2, 0.25) is 5.91 Å². The van der Waals surface area contributed by atoms with Gasteiger partial charge in [0.1, 0.15) is 12.4 Å². The number of amides is 4. The average molecular weight is 620 g/mol. The Labute approximate surface area is 258 Å². The minimum atomic E-state index is -1.02. The lowest BCUT2D eigenvalue weighted by Gasteiger charge is -2.32. The molecule has 1 saturated heterocycles. The van der Waals surface area contributed by atoms with Crippen LogP contribution >= 0.6 is 23.2 Å². The smallest absolute Gasteiger partial charge is 0.323 e. The lowest BCUT2D eigenvalue weighted by molar-refractivity contribution is -0.135. The lowest BCUT2D eigenvalue weighted by atomic mass is 9.90. The third-order valence-corrected chi connectivity index (χ3v) is 6.53. The zero-order chi connectivity index (χ0) is 31.5. The van der Waals surface area contributed by atoms with E-state index in [1.165, 1.54) is 5.56 Å². The predicted molar refractivity (Wildman–Crippen MR) is 168 cm³/mol. The normalized spacial score (nSPS) is 15.0. The summed E-state index contributed by atoms with van der Waals surface area (Å²) in [7, 11) is 0. The van der Waals surface area contributed by atoms with Gasteiger partial charge >= 0.3 is 12.0 Å². The first-order valence-corrected chi connectivity index (χ1v) is 14.8. The summed E-state index contributed by atoms with van der Waals surface area (Å²) in [5.41, 5.74) is 1.46. The first-order chi connectivity index (χ1) is 20.2. The van der Waals surface area contributed by atoms with Crippen LogP contribution in [-0.4, -0.2) is 59.3 Å². The molecule has 0 aromatic heterocycles. The second-order valence-electron chi connectivity index (χ2n) is 8.73. The molecule has 11 heteroatoms. The molecule has 2 aromatic rings. The first-order valence-electron chi connectivity index (χ1n) is 14.0. The molecule has 0 aliphatic carbocycles. The number of nitrogens with zero attached hydrogens (tertiary/aromatic N) is 2. The van der Waals surface area contributed by atoms with E-state index in [9.17, 15) is 19.2 Å². The van der Waals surface area contributed by atoms with Crippen molar-refractivity contribution in [2.24, 2.45) is 10.9 Å². The molecule has 2 aromatic carbocycles. The van der Waals surface area contributed by atoms with Gasteiger partial charge in [0.05, 0.1) is 15.6 Å². The van der Waals surface area contributed by atoms with Gasteiger partial charge in [-0.2, -0.15) is 4.99 Å². The Hall–Kier alpha value is -3.69. The fourth-order valence-electron chi connectivity index (χ4n) is 4.00. The Morgan fingerprint density at radius 2 is 1.57 bits per heavy atom. The topological polar surface area (TPSA) is 128 Å². The monoisotopic (exact) mass is 618 g/mol. The number of rotatable bonds is 5. The van der Waals surface area contributed by atoms with Crippen LogP contribution in [-0.2, 0) is 16.0 Å². The van der Waals surface area contributed by atoms with Crippen LogP contribution in [0.3, 0.4) is 0 Å². The van der Waals surface area contributed by atoms with Crippen molar-refractivity contribution in [3.05, 3.63) is 81.9 Å². The number of urea groups is 1. The van der Waals surface area contributed by atoms with Crippen LogP contribution < -0.4 is 10.6 Å². The largest absolute Gasteiger partial charge is 0.480 e. The van der Waals surface area contributed by atoms with Gasteiger partial charge in [0, 0.05) is 19.5 Å². The molecule has 4 rings (SSSR count). The van der Waals surface area contributed by atoms with E-state index >= 15 is 0 Å². The number of carboxylic acids is 1. The van der Waals surface area contributed by atoms with E-state index in [4.69, 9.17) is 28.3 Å². The predicted octanol–water partition coefficient (Wildman–Crippen LogP) is 6.40. The van der Waals surface area contributed by atoms with Gasteiger partial charge in [0.25, 0.3) is 5.91 Å². The highest BCUT2D eigenvalue weighted by Crippen LogP contribution is 2.25. The second-order valence-corrected chi connectivity index (χ2v) is 9.54. The Kier molecular flexibility index (Phi) is 17.5. The van der Waals surface area contributed by atoms with Gasteiger partial charge in [0.15, 0.2) is 0 Å². The average Bonchev–Trinajstić information content (AvgIpc) is 2.99. The zero-order valence-corrected chi connectivity index (χ0v) is 26.0. The van der Waals surface area contributed by atoms with Crippen LogP contribution in [0.15, 0.2) is 65.7 Å². The van der Waals surface area contributed by atoms with Crippen molar-refractivity contribution in [2.45, 2.75) is 53.4 Å². The Bertz CT molecular complexity index is 1210. The van der Waals surface area contributed by atoms with E-state index in [1.54, 1.807) is 35.3 Å². The highest BCUT2D eigenvalue weighted by Gasteiger charge is 2.23. The molecule has 9 nitrogen and oxygen atoms in total. The number of likely N-dealkylation sites (tertiary alicyclic amines) is 1. The van der Waals surface area contributed by atoms with Crippen molar-refractivity contribution in [3.63, 3.8) is 0 Å². The van der Waals surface area contributed by atoms with E-state index in [0.717, 1.165) is 19.3 Å². The lowest BCUT2D eigenvalue weighted by Crippen LogP contribution is -2.46. The van der Waals surface area contributed by atoms with E-state index in [-0.39, 0.29) is 46.3 Å². The molecule has 42 heavy (non-hydrogen) atoms. The van der Waals surface area contributed by atoms with E-state index < -0.39 is 11.9 Å². The molecule has 3 N–H and O–H groups in total. The molecule has 2 aliphatic rings. The summed E-state index contributed by atoms with van der Waals surface area (Å²) in [6.07, 6.45) is 6.44. The summed E-state index contributed by atoms with van der Waals surface area (Å²) in [5.74, 6) is -1.03. The number of amidine groups is 1. The summed E-state index contributed by atoms with van der Waals surface area (Å²) in [6, 6.07) is 14.8. The molecule has 0 radical (unpaired) electrons. The third-order valence-electron chi connectivity index (χ3n) is 5.90. The quantitative estimate of drug-likeness (QED) is 0.357. The van der Waals surface area contributed by atoms with Crippen molar-refractivity contribution >= 4 is 52.9 Å². The maximum Gasteiger partial charge on any atom is 0.323 e. The molecule has 0 spiro atoms. The number of hydrogen-bond donors (Lipinski definition) is 3. The van der Waals surface area contributed by atoms with Crippen LogP contribution in [0.25, 0.3) is 0 Å². The second kappa shape index (κ2) is 20.2. The third kappa shape index (κ3) is 12.9. The van der Waals surface area contributed by atoms with Gasteiger partial charge < -0.3 is 20.6 Å². The van der Waals surface area contributed by atoms with Gasteiger partial charge in [-0.05, 0) is 49.0 Å². The number of carbonyl (C=O) groups excluding carboxylic acids is 3. The molecule has 1 fully saturated rings. The summed E-state index contributed by atoms with van der Waals surface area (Å²) >= 11 is 11.8. The van der Waals surface area contributed by atoms with Crippen LogP contribution in [0.1, 0.15) is 62.9 Å². The zero-order valence-electron chi connectivity index (χ0n) is 24.5. The van der Waals surface area contributed by atoms with E-state index in [2.05, 4.69) is 27.8 Å². The van der Waals surface area contributed by atoms with Crippen LogP contribution in [0.4, 0.5) is 4.79 Å². The number of piperidine rings is 1. The number of carbonyl (C=O) groups is 4. The molecule has 2 aliphatic heterocycles. The van der Waals surface area contributed by atoms with Crippen LogP contribution in [0, 0.1) is 5.92 Å². The number of carboxylic acid groups (broad SMARTS) is 1. The minimum Gasteiger partial charge on any atom is -0.480 e. The summed E-state index contributed by atoms with van der Waals surface area (Å²) in [4.78, 5) is 50.6. The minimum absolute atomic E-state index is 0.126. The summed E-state index contributed by atoms with van der Waals surface area (Å²) in [5, 5.41) is 13.9. The van der Waals surface area contributed by atoms with Crippen LogP contribution in [0.2, 0.25) is 10.0 Å². The molecule has 2 heterocycles. The Balaban J connectivity index is 0.000000377. The fraction of sp³-hybridized carbons (Fsp3) is 0.387. The van der Waals surface area contributed by atoms with Crippen molar-refractivity contribution < 1.29 is 24.3 Å². The highest BCUT2D eigenvalue weighted by atomic mass is 35.5. The molecular weight excluding hydrogens is 579 g/mol. The van der Waals surface area contributed by atoms with Gasteiger partial charge in [-0.1, -0.05) is 93.4 Å². The summed E-state index contributed by atoms with van der Waals surface area (Å²) in [6.45, 7) is 9.08. The van der Waals surface area contributed by atoms with Gasteiger partial charge in [-0.15, -0.1) is 0 Å². The van der Waals surface area contributed by atoms with Crippen molar-refractivity contribution in [3.8, 4) is 0 Å². The number of hydrogen-bond acceptors (Lipinski definition) is 4. The number of aliphatic carboxylic acids is 1. The van der Waals surface area contributed by atoms with E-state index in [1.807, 2.05) is 45.9 Å². The molecule has 0 atom stereocenters. The molecule has 0 bridgehead atoms. The maximum absolute atomic E-state index is 11.9. The fourth-order valence-corrected chi connectivity index (χ4v) is 4.56. The van der Waals surface area contributed by atoms with Crippen molar-refractivity contribution in [2.75, 3.05) is 19.6 Å². The number of halogens is 2. The van der Waals surface area contributed by atoms with Gasteiger partial charge in [-0.3, -0.25) is 14.4 Å². The standard InChI is InChI=1S/C15H20N2O3.C12H8Cl2N2O2.2C2H6/c18-14(19)11-16-15(20)17-8-6-13(7-9-17)10-12-4-2-1-3-5-12;13-7-3-1-4-8(14)11(7)12(18)16-9-5-2-6-10(17)15-9;2*1-2/h1-5,13H,6-11H2,(H,16,20)(H,18,19);1-5H,6H2,(H,15,16,17,18);2*1-2H3. The van der Waals surface area contributed by atoms with Crippen molar-refractivity contribution in [1.29, 1.82) is 0 Å². The van der Waals surface area contributed by atoms with E-state index in [0.29, 0.717) is 19.0 Å². The first kappa shape index (κ1) is 36.3. The SMILES string of the molecule is CC.CC.O=C(O)CNC(=O)N1CCC(Cc2ccccc2)CC1.O=C1CC=CC(=NC(=O)c2c(Cl)cccc2Cl)N1. The molecular formula is C31H40Cl2N4O5. The Morgan fingerprint density at radius 1 is 0.976 bits per heavy atom. The number of benzene rings is 2. The molecule has 4 amide bonds. The highest BCUT2D eigenvalue weighted by molar-refractivity contribution is 6.40. The Morgan fingerprint density at radius 3 is 2.12 bits per heavy atom. The number of nitrogens with one attached hydrogen (secondary N) is 2. The molecule has 0 saturated carbocycles. The maximum atomic E-state index is 11.9. The summed E-state index contributed by atoms with van der Waals surface area (Å²) < 4.78 is 0. The molecule has 0 unspecified atom stereocenters. The number of aliphatic imine (C=N–C) groups is 1. The van der Waals surface area contributed by atoms with Crippen molar-refractivity contribution in [1.82, 2.24) is 15.5 Å².